The van der Waals surface area contributed by atoms with Crippen LogP contribution in [0.3, 0.4) is 0 Å². The average molecular weight is 925 g/mol. The number of aromatic nitrogens is 5. The van der Waals surface area contributed by atoms with Crippen LogP contribution in [-0.4, -0.2) is 23.7 Å². The van der Waals surface area contributed by atoms with E-state index in [0.29, 0.717) is 11.5 Å². The Morgan fingerprint density at radius 1 is 0.614 bits per heavy atom. The van der Waals surface area contributed by atoms with Gasteiger partial charge in [0.1, 0.15) is 0 Å². The molecule has 57 heavy (non-hydrogen) atoms. The van der Waals surface area contributed by atoms with Gasteiger partial charge in [-0.15, -0.1) is 0 Å². The Kier molecular flexibility index (Phi) is 9.01. The molecule has 7 heteroatoms. The zero-order valence-corrected chi connectivity index (χ0v) is 35.4. The molecule has 0 aliphatic rings. The third-order valence-corrected chi connectivity index (χ3v) is 11.7. The van der Waals surface area contributed by atoms with Crippen LogP contribution in [-0.2, 0) is 30.2 Å². The van der Waals surface area contributed by atoms with Crippen molar-refractivity contribution in [3.05, 3.63) is 166 Å². The van der Waals surface area contributed by atoms with Crippen LogP contribution in [0.25, 0.3) is 61.2 Å². The summed E-state index contributed by atoms with van der Waals surface area (Å²) in [4.78, 5) is 9.17. The molecule has 0 amide bonds. The van der Waals surface area contributed by atoms with Crippen LogP contribution < -0.4 is 4.74 Å². The summed E-state index contributed by atoms with van der Waals surface area (Å²) in [5, 5.41) is 2.21. The van der Waals surface area contributed by atoms with Crippen molar-refractivity contribution in [3.63, 3.8) is 0 Å². The summed E-state index contributed by atoms with van der Waals surface area (Å²) < 4.78 is 14.6. The standard InChI is InChI=1S/C50H43N5O.Pt/c1-33-28-47(52-31-40(33)34-24-26-51-27-25-34)55-43-19-9-8-16-38(43)39-23-22-37(30-46(39)55)56-36-15-12-14-35(29-36)53-32-54(45-21-11-10-20-44(45)53)48-41(49(2,3)4)17-13-18-42(48)50(5,6)7;/h8-28,31H,1-7H3;/q-2;. The summed E-state index contributed by atoms with van der Waals surface area (Å²) in [6, 6.07) is 47.4. The van der Waals surface area contributed by atoms with E-state index in [1.807, 2.05) is 48.9 Å². The van der Waals surface area contributed by atoms with Crippen LogP contribution in [0.1, 0.15) is 58.2 Å². The second kappa shape index (κ2) is 14.0. The van der Waals surface area contributed by atoms with Crippen LogP contribution >= 0.6 is 0 Å². The molecule has 0 radical (unpaired) electrons. The van der Waals surface area contributed by atoms with Crippen LogP contribution in [0.4, 0.5) is 0 Å². The van der Waals surface area contributed by atoms with E-state index in [1.54, 1.807) is 0 Å². The fraction of sp³-hybridized carbons (Fsp3) is 0.180. The van der Waals surface area contributed by atoms with Gasteiger partial charge < -0.3 is 0 Å². The van der Waals surface area contributed by atoms with E-state index in [4.69, 9.17) is 9.72 Å². The predicted molar refractivity (Wildman–Crippen MR) is 228 cm³/mol. The Morgan fingerprint density at radius 2 is 1.25 bits per heavy atom. The molecule has 286 valence electrons. The molecule has 0 saturated heterocycles. The number of imidazole rings is 1. The number of hydrogen-bond donors (Lipinski definition) is 0. The molecule has 0 saturated carbocycles. The third-order valence-electron chi connectivity index (χ3n) is 10.7. The van der Waals surface area contributed by atoms with E-state index < -0.39 is 0 Å². The van der Waals surface area contributed by atoms with Gasteiger partial charge in [0, 0.05) is 24.2 Å². The fourth-order valence-electron chi connectivity index (χ4n) is 7.96. The molecule has 0 fully saturated rings. The molecule has 0 aliphatic carbocycles. The van der Waals surface area contributed by atoms with Gasteiger partial charge in [-0.25, -0.2) is 0 Å². The van der Waals surface area contributed by atoms with Crippen LogP contribution in [0, 0.1) is 22.9 Å². The monoisotopic (exact) mass is 924 g/mol. The zero-order chi connectivity index (χ0) is 39.6. The Balaban J connectivity index is 1.15. The Bertz CT molecular complexity index is 3020. The van der Waals surface area contributed by atoms with E-state index in [2.05, 4.69) is 184 Å². The molecule has 0 bridgehead atoms. The molecule has 0 unspecified atom stereocenters. The molecule has 0 aliphatic heterocycles. The van der Waals surface area contributed by atoms with Gasteiger partial charge in [-0.1, -0.05) is 12.1 Å². The van der Waals surface area contributed by atoms with Crippen LogP contribution in [0.15, 0.2) is 134 Å². The van der Waals surface area contributed by atoms with Crippen molar-refractivity contribution in [1.29, 1.82) is 0 Å². The average Bonchev–Trinajstić information content (AvgIpc) is 3.68. The second-order valence-electron chi connectivity index (χ2n) is 16.6. The van der Waals surface area contributed by atoms with Gasteiger partial charge in [0.25, 0.3) is 0 Å². The van der Waals surface area contributed by atoms with Crippen molar-refractivity contribution in [2.24, 2.45) is 0 Å². The molecule has 6 nitrogen and oxygen atoms in total. The smallest absolute Gasteiger partial charge is 0.265 e. The topological polar surface area (TPSA) is 49.8 Å². The van der Waals surface area contributed by atoms with Gasteiger partial charge in [-0.3, -0.25) is 4.98 Å². The minimum absolute atomic E-state index is 0.0717. The molecular formula is C50H43N5OPt-2. The number of aryl methyl sites for hydroxylation is 1. The SMILES string of the molecule is Cc1cc(-n2c3[c-]c(Oc4[c-]c(-n5[c](=[Pt])n(-c6c(C(C)(C)C)cccc6C(C)(C)C)c6ccccc65)ccc4)ccc3c3ccccc32)ncc1-c1ccncc1. The number of nitrogens with zero attached hydrogens (tertiary/aromatic N) is 5. The van der Waals surface area contributed by atoms with Crippen molar-refractivity contribution in [3.8, 4) is 39.8 Å². The van der Waals surface area contributed by atoms with E-state index in [0.717, 1.165) is 64.8 Å². The summed E-state index contributed by atoms with van der Waals surface area (Å²) in [6.07, 6.45) is 5.57. The van der Waals surface area contributed by atoms with Gasteiger partial charge in [-0.2, -0.15) is 0 Å². The normalized spacial score (nSPS) is 12.2. The van der Waals surface area contributed by atoms with E-state index in [-0.39, 0.29) is 10.8 Å². The molecule has 5 aromatic carbocycles. The minimum atomic E-state index is -0.0717. The van der Waals surface area contributed by atoms with Crippen molar-refractivity contribution >= 4 is 32.8 Å². The van der Waals surface area contributed by atoms with E-state index >= 15 is 0 Å². The fourth-order valence-corrected chi connectivity index (χ4v) is 9.04. The summed E-state index contributed by atoms with van der Waals surface area (Å²) >= 11 is 2.48. The summed E-state index contributed by atoms with van der Waals surface area (Å²) in [6.45, 7) is 15.9. The second-order valence-corrected chi connectivity index (χ2v) is 17.7. The number of benzene rings is 5. The first kappa shape index (κ1) is 36.8. The van der Waals surface area contributed by atoms with Crippen molar-refractivity contribution < 1.29 is 24.1 Å². The summed E-state index contributed by atoms with van der Waals surface area (Å²) in [5.41, 5.74) is 12.1. The number of para-hydroxylation sites is 4. The van der Waals surface area contributed by atoms with Crippen LogP contribution in [0.2, 0.25) is 0 Å². The van der Waals surface area contributed by atoms with Gasteiger partial charge in [0.05, 0.1) is 0 Å². The number of ether oxygens (including phenoxy) is 1. The van der Waals surface area contributed by atoms with Gasteiger partial charge in [0.2, 0.25) is 0 Å². The summed E-state index contributed by atoms with van der Waals surface area (Å²) in [5.74, 6) is 2.03. The van der Waals surface area contributed by atoms with E-state index in [9.17, 15) is 0 Å². The number of hydrogen-bond acceptors (Lipinski definition) is 3. The Morgan fingerprint density at radius 3 is 1.93 bits per heavy atom. The minimum Gasteiger partial charge on any atom is -0.265 e. The van der Waals surface area contributed by atoms with Crippen molar-refractivity contribution in [2.75, 3.05) is 0 Å². The van der Waals surface area contributed by atoms with Crippen molar-refractivity contribution in [2.45, 2.75) is 59.3 Å². The van der Waals surface area contributed by atoms with Crippen LogP contribution in [0.5, 0.6) is 11.5 Å². The van der Waals surface area contributed by atoms with Gasteiger partial charge >= 0.3 is 275 Å². The molecular weight excluding hydrogens is 882 g/mol. The zero-order valence-electron chi connectivity index (χ0n) is 33.2. The summed E-state index contributed by atoms with van der Waals surface area (Å²) in [7, 11) is 0. The van der Waals surface area contributed by atoms with E-state index in [1.165, 1.54) is 16.8 Å². The molecule has 0 N–H and O–H groups in total. The number of pyridine rings is 2. The molecule has 4 heterocycles. The molecule has 0 spiro atoms. The molecule has 9 aromatic rings. The number of fused-ring (bicyclic) bond motifs is 4. The first-order chi connectivity index (χ1) is 27.4. The maximum atomic E-state index is 6.63. The van der Waals surface area contributed by atoms with Gasteiger partial charge in [-0.05, 0) is 30.2 Å². The predicted octanol–water partition coefficient (Wildman–Crippen LogP) is 12.4. The quantitative estimate of drug-likeness (QED) is 0.156. The Labute approximate surface area is 344 Å². The third kappa shape index (κ3) is 6.46. The van der Waals surface area contributed by atoms with Crippen molar-refractivity contribution in [1.82, 2.24) is 23.7 Å². The molecule has 9 rings (SSSR count). The maximum absolute atomic E-state index is 6.63. The molecule has 4 aromatic heterocycles. The molecule has 0 atom stereocenters. The van der Waals surface area contributed by atoms with Gasteiger partial charge in [0.15, 0.2) is 0 Å². The first-order valence-electron chi connectivity index (χ1n) is 19.2. The Hall–Kier alpha value is -5.84. The number of rotatable bonds is 6. The first-order valence-corrected chi connectivity index (χ1v) is 20.4.